The van der Waals surface area contributed by atoms with Gasteiger partial charge in [0.25, 0.3) is 0 Å². The summed E-state index contributed by atoms with van der Waals surface area (Å²) in [5.74, 6) is -1.52. The van der Waals surface area contributed by atoms with Gasteiger partial charge >= 0.3 is 0 Å². The lowest BCUT2D eigenvalue weighted by molar-refractivity contribution is -0.118. The molecular weight excluding hydrogens is 376 g/mol. The zero-order valence-electron chi connectivity index (χ0n) is 15.6. The molecular formula is C17H28N2O5S2. The summed E-state index contributed by atoms with van der Waals surface area (Å²) in [6.45, 7) is 2.55. The Labute approximate surface area is 156 Å². The number of unbranched alkanes of at least 4 members (excludes halogenated alkanes) is 3. The molecule has 1 amide bonds. The molecule has 0 bridgehead atoms. The lowest BCUT2D eigenvalue weighted by atomic mass is 10.2. The van der Waals surface area contributed by atoms with Crippen molar-refractivity contribution in [3.05, 3.63) is 29.8 Å². The van der Waals surface area contributed by atoms with Crippen LogP contribution in [0, 0.1) is 0 Å². The van der Waals surface area contributed by atoms with Crippen LogP contribution in [0.2, 0.25) is 0 Å². The van der Waals surface area contributed by atoms with Crippen molar-refractivity contribution in [2.45, 2.75) is 43.3 Å². The second kappa shape index (κ2) is 10.0. The van der Waals surface area contributed by atoms with Gasteiger partial charge in [-0.05, 0) is 24.1 Å². The Hall–Kier alpha value is -1.45. The number of amides is 1. The van der Waals surface area contributed by atoms with Crippen molar-refractivity contribution in [2.75, 3.05) is 26.4 Å². The summed E-state index contributed by atoms with van der Waals surface area (Å²) >= 11 is 0. The number of hydrogen-bond donors (Lipinski definition) is 1. The average molecular weight is 405 g/mol. The van der Waals surface area contributed by atoms with Gasteiger partial charge in [0.15, 0.2) is 9.84 Å². The number of nitrogens with zero attached hydrogens (tertiary/aromatic N) is 1. The molecule has 7 nitrogen and oxygen atoms in total. The predicted molar refractivity (Wildman–Crippen MR) is 102 cm³/mol. The van der Waals surface area contributed by atoms with Crippen LogP contribution in [0.15, 0.2) is 29.2 Å². The summed E-state index contributed by atoms with van der Waals surface area (Å²) in [6, 6.07) is 5.77. The molecule has 0 saturated heterocycles. The molecule has 0 spiro atoms. The minimum atomic E-state index is -3.68. The zero-order chi connectivity index (χ0) is 19.8. The molecule has 0 unspecified atom stereocenters. The van der Waals surface area contributed by atoms with Crippen molar-refractivity contribution >= 4 is 25.8 Å². The van der Waals surface area contributed by atoms with Gasteiger partial charge in [-0.3, -0.25) is 4.79 Å². The van der Waals surface area contributed by atoms with E-state index in [9.17, 15) is 21.6 Å². The van der Waals surface area contributed by atoms with Crippen molar-refractivity contribution < 1.29 is 21.6 Å². The molecule has 9 heteroatoms. The molecule has 148 valence electrons. The van der Waals surface area contributed by atoms with Crippen LogP contribution < -0.4 is 5.32 Å². The number of hydrogen-bond acceptors (Lipinski definition) is 5. The second-order valence-corrected chi connectivity index (χ2v) is 10.6. The number of benzene rings is 1. The van der Waals surface area contributed by atoms with E-state index >= 15 is 0 Å². The van der Waals surface area contributed by atoms with Crippen LogP contribution in [0.1, 0.15) is 38.2 Å². The van der Waals surface area contributed by atoms with Crippen LogP contribution in [-0.4, -0.2) is 53.4 Å². The number of sulfone groups is 1. The topological polar surface area (TPSA) is 101 Å². The average Bonchev–Trinajstić information content (AvgIpc) is 2.53. The monoisotopic (exact) mass is 404 g/mol. The fourth-order valence-electron chi connectivity index (χ4n) is 2.34. The number of carbonyl (C=O) groups is 1. The molecule has 1 aromatic rings. The van der Waals surface area contributed by atoms with Gasteiger partial charge in [0, 0.05) is 20.6 Å². The number of sulfonamides is 1. The Kier molecular flexibility index (Phi) is 8.72. The zero-order valence-corrected chi connectivity index (χ0v) is 17.2. The first-order valence-corrected chi connectivity index (χ1v) is 11.8. The molecule has 0 fully saturated rings. The molecule has 0 aliphatic carbocycles. The molecule has 0 heterocycles. The Morgan fingerprint density at radius 3 is 2.38 bits per heavy atom. The molecule has 0 atom stereocenters. The highest BCUT2D eigenvalue weighted by Gasteiger charge is 2.20. The van der Waals surface area contributed by atoms with Crippen LogP contribution in [0.4, 0.5) is 0 Å². The third kappa shape index (κ3) is 7.43. The molecule has 0 aliphatic rings. The normalized spacial score (nSPS) is 12.3. The van der Waals surface area contributed by atoms with E-state index < -0.39 is 31.5 Å². The predicted octanol–water partition coefficient (Wildman–Crippen LogP) is 1.55. The first kappa shape index (κ1) is 22.6. The first-order valence-electron chi connectivity index (χ1n) is 8.57. The molecule has 0 radical (unpaired) electrons. The Bertz CT molecular complexity index is 802. The highest BCUT2D eigenvalue weighted by atomic mass is 32.2. The summed E-state index contributed by atoms with van der Waals surface area (Å²) in [5, 5.41) is 2.61. The molecule has 1 N–H and O–H groups in total. The van der Waals surface area contributed by atoms with E-state index in [2.05, 4.69) is 12.2 Å². The molecule has 0 aliphatic heterocycles. The lowest BCUT2D eigenvalue weighted by Gasteiger charge is -2.12. The van der Waals surface area contributed by atoms with E-state index in [0.29, 0.717) is 12.1 Å². The van der Waals surface area contributed by atoms with Crippen LogP contribution >= 0.6 is 0 Å². The van der Waals surface area contributed by atoms with Crippen molar-refractivity contribution in [3.63, 3.8) is 0 Å². The van der Waals surface area contributed by atoms with Crippen LogP contribution in [0.5, 0.6) is 0 Å². The third-order valence-corrected chi connectivity index (χ3v) is 7.05. The molecule has 1 rings (SSSR count). The Morgan fingerprint density at radius 2 is 1.77 bits per heavy atom. The van der Waals surface area contributed by atoms with Crippen molar-refractivity contribution in [2.24, 2.45) is 0 Å². The molecule has 0 saturated carbocycles. The third-order valence-electron chi connectivity index (χ3n) is 3.77. The largest absolute Gasteiger partial charge is 0.355 e. The van der Waals surface area contributed by atoms with Gasteiger partial charge in [-0.15, -0.1) is 0 Å². The van der Waals surface area contributed by atoms with E-state index in [-0.39, 0.29) is 10.6 Å². The highest BCUT2D eigenvalue weighted by Crippen LogP contribution is 2.16. The summed E-state index contributed by atoms with van der Waals surface area (Å²) in [7, 11) is -4.51. The van der Waals surface area contributed by atoms with Gasteiger partial charge in [-0.25, -0.2) is 21.1 Å². The summed E-state index contributed by atoms with van der Waals surface area (Å²) in [5.41, 5.74) is 0.337. The first-order chi connectivity index (χ1) is 12.1. The van der Waals surface area contributed by atoms with E-state index in [1.54, 1.807) is 0 Å². The van der Waals surface area contributed by atoms with Gasteiger partial charge in [-0.1, -0.05) is 38.3 Å². The Morgan fingerprint density at radius 1 is 1.08 bits per heavy atom. The van der Waals surface area contributed by atoms with Crippen molar-refractivity contribution in [1.29, 1.82) is 0 Å². The minimum Gasteiger partial charge on any atom is -0.355 e. The van der Waals surface area contributed by atoms with E-state index in [4.69, 9.17) is 0 Å². The maximum atomic E-state index is 12.2. The minimum absolute atomic E-state index is 0.0237. The summed E-state index contributed by atoms with van der Waals surface area (Å²) < 4.78 is 49.8. The molecule has 0 aromatic heterocycles. The maximum absolute atomic E-state index is 12.2. The smallest absolute Gasteiger partial charge is 0.242 e. The number of rotatable bonds is 11. The fourth-order valence-corrected chi connectivity index (χ4v) is 4.61. The summed E-state index contributed by atoms with van der Waals surface area (Å²) in [4.78, 5) is 11.8. The van der Waals surface area contributed by atoms with E-state index in [1.165, 1.54) is 38.4 Å². The number of nitrogens with one attached hydrogen (secondary N) is 1. The Balaban J connectivity index is 2.68. The van der Waals surface area contributed by atoms with E-state index in [1.807, 2.05) is 0 Å². The summed E-state index contributed by atoms with van der Waals surface area (Å²) in [6.07, 6.45) is 3.99. The van der Waals surface area contributed by atoms with Gasteiger partial charge in [0.2, 0.25) is 15.9 Å². The van der Waals surface area contributed by atoms with Gasteiger partial charge in [-0.2, -0.15) is 0 Å². The van der Waals surface area contributed by atoms with Gasteiger partial charge in [0.1, 0.15) is 5.75 Å². The SMILES string of the molecule is CCCCCCNC(=O)CS(=O)(=O)Cc1cccc(S(=O)(=O)N(C)C)c1. The van der Waals surface area contributed by atoms with Gasteiger partial charge in [0.05, 0.1) is 10.6 Å². The van der Waals surface area contributed by atoms with Crippen LogP contribution in [-0.2, 0) is 30.4 Å². The van der Waals surface area contributed by atoms with Crippen molar-refractivity contribution in [3.8, 4) is 0 Å². The van der Waals surface area contributed by atoms with Crippen molar-refractivity contribution in [1.82, 2.24) is 9.62 Å². The van der Waals surface area contributed by atoms with Gasteiger partial charge < -0.3 is 5.32 Å². The van der Waals surface area contributed by atoms with Crippen LogP contribution in [0.25, 0.3) is 0 Å². The standard InChI is InChI=1S/C17H28N2O5S2/c1-4-5-6-7-11-18-17(20)14-25(21,22)13-15-9-8-10-16(12-15)26(23,24)19(2)3/h8-10,12H,4-7,11,13-14H2,1-3H3,(H,18,20). The quantitative estimate of drug-likeness (QED) is 0.564. The fraction of sp³-hybridized carbons (Fsp3) is 0.588. The number of carbonyl (C=O) groups excluding carboxylic acids is 1. The highest BCUT2D eigenvalue weighted by molar-refractivity contribution is 7.91. The lowest BCUT2D eigenvalue weighted by Crippen LogP contribution is -2.31. The van der Waals surface area contributed by atoms with Crippen LogP contribution in [0.3, 0.4) is 0 Å². The molecule has 1 aromatic carbocycles. The second-order valence-electron chi connectivity index (χ2n) is 6.38. The van der Waals surface area contributed by atoms with E-state index in [0.717, 1.165) is 30.0 Å². The molecule has 26 heavy (non-hydrogen) atoms. The maximum Gasteiger partial charge on any atom is 0.242 e.